The van der Waals surface area contributed by atoms with Crippen LogP contribution in [0.5, 0.6) is 0 Å². The number of nitriles is 1. The van der Waals surface area contributed by atoms with Crippen molar-refractivity contribution in [1.29, 1.82) is 5.26 Å². The van der Waals surface area contributed by atoms with Crippen LogP contribution >= 0.6 is 0 Å². The molecule has 0 radical (unpaired) electrons. The molecule has 4 heteroatoms. The summed E-state index contributed by atoms with van der Waals surface area (Å²) in [5, 5.41) is 9.76. The number of allylic oxidation sites excluding steroid dienone is 3. The second kappa shape index (κ2) is 8.25. The Morgan fingerprint density at radius 3 is 1.80 bits per heavy atom. The summed E-state index contributed by atoms with van der Waals surface area (Å²) in [5.41, 5.74) is 10.6. The van der Waals surface area contributed by atoms with E-state index < -0.39 is 0 Å². The first-order valence-electron chi connectivity index (χ1n) is 13.0. The summed E-state index contributed by atoms with van der Waals surface area (Å²) in [5.74, 6) is -0.127. The van der Waals surface area contributed by atoms with Gasteiger partial charge in [0, 0.05) is 0 Å². The minimum absolute atomic E-state index is 0.0448. The van der Waals surface area contributed by atoms with Crippen molar-refractivity contribution < 1.29 is 4.79 Å². The van der Waals surface area contributed by atoms with Gasteiger partial charge in [0.2, 0.25) is 0 Å². The average molecular weight is 574 g/mol. The summed E-state index contributed by atoms with van der Waals surface area (Å²) in [7, 11) is 0. The van der Waals surface area contributed by atoms with Crippen molar-refractivity contribution in [3.8, 4) is 28.3 Å². The number of benzene rings is 4. The summed E-state index contributed by atoms with van der Waals surface area (Å²) in [6.45, 7) is 7.63. The molecule has 1 spiro atoms. The molecule has 40 heavy (non-hydrogen) atoms. The summed E-state index contributed by atoms with van der Waals surface area (Å²) in [6.07, 6.45) is 1.95. The van der Waals surface area contributed by atoms with Crippen molar-refractivity contribution in [3.05, 3.63) is 163 Å². The van der Waals surface area contributed by atoms with Crippen LogP contribution in [0, 0.1) is 17.9 Å². The summed E-state index contributed by atoms with van der Waals surface area (Å²) >= 11 is -0.0863. The van der Waals surface area contributed by atoms with E-state index in [4.69, 9.17) is 6.57 Å². The van der Waals surface area contributed by atoms with Crippen molar-refractivity contribution in [1.82, 2.24) is 0 Å². The van der Waals surface area contributed by atoms with Crippen molar-refractivity contribution in [2.75, 3.05) is 0 Å². The molecular formula is C36H18N2OSe. The van der Waals surface area contributed by atoms with Gasteiger partial charge in [-0.05, 0) is 0 Å². The van der Waals surface area contributed by atoms with Gasteiger partial charge in [-0.25, -0.2) is 0 Å². The zero-order valence-corrected chi connectivity index (χ0v) is 22.8. The number of ketones is 1. The Kier molecular flexibility index (Phi) is 4.73. The van der Waals surface area contributed by atoms with Gasteiger partial charge in [-0.2, -0.15) is 0 Å². The first-order chi connectivity index (χ1) is 19.7. The molecule has 0 aliphatic heterocycles. The number of Topliss-reactive ketones (excluding diaryl/α,β-unsaturated/α-hetero) is 1. The topological polar surface area (TPSA) is 45.2 Å². The predicted octanol–water partition coefficient (Wildman–Crippen LogP) is 7.52. The molecule has 3 nitrogen and oxygen atoms in total. The molecule has 0 saturated carbocycles. The van der Waals surface area contributed by atoms with Crippen molar-refractivity contribution in [2.24, 2.45) is 0 Å². The molecule has 0 fully saturated rings. The van der Waals surface area contributed by atoms with Gasteiger partial charge in [-0.3, -0.25) is 0 Å². The number of carbonyl (C=O) groups excluding carboxylic acids is 1. The van der Waals surface area contributed by atoms with Crippen LogP contribution in [0.15, 0.2) is 114 Å². The number of nitrogens with zero attached hydrogens (tertiary/aromatic N) is 2. The number of hydrogen-bond acceptors (Lipinski definition) is 2. The van der Waals surface area contributed by atoms with E-state index >= 15 is 0 Å². The third-order valence-corrected chi connectivity index (χ3v) is 10.9. The van der Waals surface area contributed by atoms with E-state index in [9.17, 15) is 10.1 Å². The Morgan fingerprint density at radius 1 is 0.750 bits per heavy atom. The first kappa shape index (κ1) is 22.9. The van der Waals surface area contributed by atoms with E-state index in [2.05, 4.69) is 83.7 Å². The van der Waals surface area contributed by atoms with Crippen molar-refractivity contribution in [3.63, 3.8) is 0 Å². The van der Waals surface area contributed by atoms with Crippen molar-refractivity contribution in [2.45, 2.75) is 5.41 Å². The van der Waals surface area contributed by atoms with Crippen LogP contribution in [0.3, 0.4) is 0 Å². The molecule has 3 aliphatic rings. The fourth-order valence-electron chi connectivity index (χ4n) is 6.87. The second-order valence-corrected chi connectivity index (χ2v) is 12.4. The molecule has 5 aromatic rings. The Bertz CT molecular complexity index is 2050. The van der Waals surface area contributed by atoms with Gasteiger partial charge in [-0.15, -0.1) is 0 Å². The van der Waals surface area contributed by atoms with Gasteiger partial charge in [0.05, 0.1) is 0 Å². The second-order valence-electron chi connectivity index (χ2n) is 10.2. The summed E-state index contributed by atoms with van der Waals surface area (Å²) in [4.78, 5) is 17.1. The molecule has 0 saturated heterocycles. The standard InChI is InChI=1S/C36H18N2OSe/c1-38-32(20-37)33-25-13-2-3-14-26(25)34(39)28(33)19-21-18-27-24-12-6-9-17-31(24)36(35(27)40-21)29-15-7-4-10-22(29)23-11-5-8-16-30(23)36/h2-19H/b28-19-,33-32-. The monoisotopic (exact) mass is 574 g/mol. The van der Waals surface area contributed by atoms with Crippen LogP contribution in [-0.2, 0) is 5.41 Å². The fourth-order valence-corrected chi connectivity index (χ4v) is 9.71. The normalized spacial score (nSPS) is 17.1. The van der Waals surface area contributed by atoms with Gasteiger partial charge < -0.3 is 0 Å². The molecule has 3 aliphatic carbocycles. The Balaban J connectivity index is 1.41. The van der Waals surface area contributed by atoms with Crippen LogP contribution in [0.2, 0.25) is 0 Å². The van der Waals surface area contributed by atoms with E-state index in [1.807, 2.05) is 30.3 Å². The quantitative estimate of drug-likeness (QED) is 0.0883. The fraction of sp³-hybridized carbons (Fsp3) is 0.0278. The zero-order valence-electron chi connectivity index (χ0n) is 21.1. The van der Waals surface area contributed by atoms with Gasteiger partial charge in [0.25, 0.3) is 0 Å². The molecule has 0 unspecified atom stereocenters. The maximum absolute atomic E-state index is 13.6. The van der Waals surface area contributed by atoms with E-state index in [0.717, 1.165) is 4.44 Å². The molecular weight excluding hydrogens is 555 g/mol. The molecule has 0 N–H and O–H groups in total. The van der Waals surface area contributed by atoms with Crippen LogP contribution in [0.1, 0.15) is 41.5 Å². The Morgan fingerprint density at radius 2 is 1.25 bits per heavy atom. The van der Waals surface area contributed by atoms with E-state index in [1.54, 1.807) is 6.07 Å². The molecule has 8 rings (SSSR count). The van der Waals surface area contributed by atoms with Crippen molar-refractivity contribution >= 4 is 31.9 Å². The van der Waals surface area contributed by atoms with Crippen LogP contribution in [0.4, 0.5) is 0 Å². The van der Waals surface area contributed by atoms with Crippen LogP contribution in [-0.4, -0.2) is 20.3 Å². The third-order valence-electron chi connectivity index (χ3n) is 8.36. The van der Waals surface area contributed by atoms with Gasteiger partial charge in [0.15, 0.2) is 0 Å². The average Bonchev–Trinajstić information content (AvgIpc) is 3.70. The molecule has 0 bridgehead atoms. The van der Waals surface area contributed by atoms with E-state index in [1.165, 1.54) is 43.4 Å². The predicted molar refractivity (Wildman–Crippen MR) is 158 cm³/mol. The van der Waals surface area contributed by atoms with Crippen LogP contribution < -0.4 is 0 Å². The van der Waals surface area contributed by atoms with E-state index in [0.29, 0.717) is 22.3 Å². The molecule has 4 aromatic carbocycles. The number of hydrogen-bond donors (Lipinski definition) is 0. The summed E-state index contributed by atoms with van der Waals surface area (Å²) in [6, 6.07) is 37.7. The maximum atomic E-state index is 13.6. The Labute approximate surface area is 237 Å². The Hall–Kier alpha value is -4.99. The third kappa shape index (κ3) is 2.74. The molecule has 184 valence electrons. The number of carbonyl (C=O) groups is 1. The van der Waals surface area contributed by atoms with Gasteiger partial charge >= 0.3 is 238 Å². The van der Waals surface area contributed by atoms with Crippen LogP contribution in [0.25, 0.3) is 38.7 Å². The molecule has 0 amide bonds. The number of rotatable bonds is 1. The molecule has 0 atom stereocenters. The SMILES string of the molecule is [C-]#[N+]/C(C#N)=C1\C(=C\c2cc3c([se]2)C2(c4ccccc4-c4ccccc42)c2ccccc2-3)C(=O)c2ccccc21. The van der Waals surface area contributed by atoms with Gasteiger partial charge in [0.1, 0.15) is 0 Å². The number of fused-ring (bicyclic) bond motifs is 11. The minimum atomic E-state index is -0.370. The van der Waals surface area contributed by atoms with E-state index in [-0.39, 0.29) is 31.4 Å². The summed E-state index contributed by atoms with van der Waals surface area (Å²) < 4.78 is 2.45. The molecule has 1 heterocycles. The van der Waals surface area contributed by atoms with Gasteiger partial charge in [-0.1, -0.05) is 0 Å². The zero-order chi connectivity index (χ0) is 27.0. The molecule has 1 aromatic heterocycles. The first-order valence-corrected chi connectivity index (χ1v) is 14.7.